The van der Waals surface area contributed by atoms with Crippen molar-refractivity contribution in [3.63, 3.8) is 0 Å². The first kappa shape index (κ1) is 24.8. The maximum atomic E-state index is 12.3. The van der Waals surface area contributed by atoms with Gasteiger partial charge in [-0.15, -0.1) is 0 Å². The van der Waals surface area contributed by atoms with E-state index in [1.54, 1.807) is 0 Å². The lowest BCUT2D eigenvalue weighted by atomic mass is 10.0. The molecule has 0 aromatic carbocycles. The van der Waals surface area contributed by atoms with Crippen LogP contribution in [-0.4, -0.2) is 42.3 Å². The molecule has 164 valence electrons. The van der Waals surface area contributed by atoms with Crippen LogP contribution < -0.4 is 0 Å². The second kappa shape index (κ2) is 14.7. The molecule has 5 nitrogen and oxygen atoms in total. The van der Waals surface area contributed by atoms with E-state index in [0.717, 1.165) is 44.9 Å². The van der Waals surface area contributed by atoms with Crippen molar-refractivity contribution in [2.75, 3.05) is 7.11 Å². The van der Waals surface area contributed by atoms with E-state index < -0.39 is 0 Å². The van der Waals surface area contributed by atoms with Gasteiger partial charge >= 0.3 is 12.1 Å². The summed E-state index contributed by atoms with van der Waals surface area (Å²) in [5.74, 6) is -0.116. The first-order chi connectivity index (χ1) is 13.5. The van der Waals surface area contributed by atoms with Crippen LogP contribution in [0.3, 0.4) is 0 Å². The lowest BCUT2D eigenvalue weighted by molar-refractivity contribution is -0.140. The summed E-state index contributed by atoms with van der Waals surface area (Å²) in [7, 11) is 1.44. The minimum Gasteiger partial charge on any atom is -0.469 e. The summed E-state index contributed by atoms with van der Waals surface area (Å²) in [6.07, 6.45) is 15.7. The van der Waals surface area contributed by atoms with Crippen molar-refractivity contribution in [1.82, 2.24) is 4.90 Å². The molecule has 0 spiro atoms. The van der Waals surface area contributed by atoms with Crippen molar-refractivity contribution in [2.24, 2.45) is 0 Å². The van der Waals surface area contributed by atoms with Gasteiger partial charge in [0, 0.05) is 6.42 Å². The van der Waals surface area contributed by atoms with E-state index in [1.807, 2.05) is 18.7 Å². The molecule has 5 heteroatoms. The Morgan fingerprint density at radius 3 is 1.82 bits per heavy atom. The van der Waals surface area contributed by atoms with Crippen molar-refractivity contribution < 1.29 is 19.1 Å². The van der Waals surface area contributed by atoms with Crippen LogP contribution >= 0.6 is 0 Å². The molecule has 28 heavy (non-hydrogen) atoms. The molecule has 1 aliphatic heterocycles. The summed E-state index contributed by atoms with van der Waals surface area (Å²) in [6.45, 7) is 6.06. The first-order valence-corrected chi connectivity index (χ1v) is 11.6. The maximum absolute atomic E-state index is 12.3. The lowest BCUT2D eigenvalue weighted by Gasteiger charge is -2.10. The van der Waals surface area contributed by atoms with E-state index in [2.05, 4.69) is 11.7 Å². The fraction of sp³-hybridized carbons (Fsp3) is 0.913. The Balaban J connectivity index is 2.22. The second-order valence-electron chi connectivity index (χ2n) is 8.41. The van der Waals surface area contributed by atoms with E-state index in [9.17, 15) is 9.59 Å². The van der Waals surface area contributed by atoms with Gasteiger partial charge in [0.15, 0.2) is 0 Å². The van der Waals surface area contributed by atoms with Crippen molar-refractivity contribution in [1.29, 1.82) is 0 Å². The molecule has 0 aromatic rings. The summed E-state index contributed by atoms with van der Waals surface area (Å²) < 4.78 is 10.1. The highest BCUT2D eigenvalue weighted by atomic mass is 16.6. The maximum Gasteiger partial charge on any atom is 0.410 e. The Labute approximate surface area is 172 Å². The van der Waals surface area contributed by atoms with Crippen molar-refractivity contribution in [3.05, 3.63) is 0 Å². The van der Waals surface area contributed by atoms with Crippen molar-refractivity contribution in [3.8, 4) is 0 Å². The van der Waals surface area contributed by atoms with E-state index in [0.29, 0.717) is 18.5 Å². The molecule has 0 radical (unpaired) electrons. The minimum absolute atomic E-state index is 0.0572. The van der Waals surface area contributed by atoms with Gasteiger partial charge in [-0.25, -0.2) is 4.79 Å². The Morgan fingerprint density at radius 1 is 0.821 bits per heavy atom. The van der Waals surface area contributed by atoms with Crippen LogP contribution in [0.4, 0.5) is 4.79 Å². The molecule has 1 rings (SSSR count). The zero-order chi connectivity index (χ0) is 20.8. The molecule has 0 aliphatic carbocycles. The number of hydrogen-bond acceptors (Lipinski definition) is 4. The molecule has 1 amide bonds. The number of esters is 1. The third-order valence-electron chi connectivity index (χ3n) is 5.58. The predicted molar refractivity (Wildman–Crippen MR) is 113 cm³/mol. The summed E-state index contributed by atoms with van der Waals surface area (Å²) >= 11 is 0. The first-order valence-electron chi connectivity index (χ1n) is 11.6. The van der Waals surface area contributed by atoms with Crippen LogP contribution in [0.2, 0.25) is 0 Å². The van der Waals surface area contributed by atoms with Gasteiger partial charge in [-0.05, 0) is 33.1 Å². The number of carbonyl (C=O) groups excluding carboxylic acids is 2. The summed E-state index contributed by atoms with van der Waals surface area (Å²) in [6, 6.07) is 0.758. The fourth-order valence-corrected chi connectivity index (χ4v) is 3.92. The Kier molecular flexibility index (Phi) is 13.0. The van der Waals surface area contributed by atoms with Gasteiger partial charge in [0.05, 0.1) is 25.3 Å². The van der Waals surface area contributed by atoms with Gasteiger partial charge in [-0.3, -0.25) is 9.69 Å². The SMILES string of the molecule is CCCCCCCC[C@@H]1[C@H](CCCCCCCC(=O)OC)N1C(=O)OC(C)C. The number of carbonyl (C=O) groups is 2. The topological polar surface area (TPSA) is 55.6 Å². The molecule has 0 aromatic heterocycles. The van der Waals surface area contributed by atoms with E-state index >= 15 is 0 Å². The van der Waals surface area contributed by atoms with E-state index in [1.165, 1.54) is 45.6 Å². The van der Waals surface area contributed by atoms with E-state index in [4.69, 9.17) is 4.74 Å². The normalized spacial score (nSPS) is 18.4. The van der Waals surface area contributed by atoms with Gasteiger partial charge in [0.1, 0.15) is 0 Å². The lowest BCUT2D eigenvalue weighted by Crippen LogP contribution is -2.20. The highest BCUT2D eigenvalue weighted by molar-refractivity contribution is 5.72. The molecule has 0 saturated carbocycles. The molecule has 1 aliphatic rings. The monoisotopic (exact) mass is 397 g/mol. The standard InChI is InChI=1S/C23H43NO4/c1-5-6-7-8-10-13-16-20-21(24(20)23(26)28-19(2)3)17-14-11-9-12-15-18-22(25)27-4/h19-21H,5-18H2,1-4H3/t20-,21+,24?/m1/s1. The van der Waals surface area contributed by atoms with Crippen LogP contribution in [0.5, 0.6) is 0 Å². The summed E-state index contributed by atoms with van der Waals surface area (Å²) in [5.41, 5.74) is 0. The zero-order valence-corrected chi connectivity index (χ0v) is 18.7. The number of rotatable bonds is 16. The molecule has 0 unspecified atom stereocenters. The molecular formula is C23H43NO4. The molecule has 1 saturated heterocycles. The van der Waals surface area contributed by atoms with Crippen LogP contribution in [0, 0.1) is 0 Å². The molecular weight excluding hydrogens is 354 g/mol. The molecule has 1 heterocycles. The minimum atomic E-state index is -0.130. The van der Waals surface area contributed by atoms with Crippen LogP contribution in [0.25, 0.3) is 0 Å². The van der Waals surface area contributed by atoms with Gasteiger partial charge in [0.2, 0.25) is 0 Å². The fourth-order valence-electron chi connectivity index (χ4n) is 3.92. The van der Waals surface area contributed by atoms with Gasteiger partial charge in [-0.2, -0.15) is 0 Å². The number of unbranched alkanes of at least 4 members (excludes halogenated alkanes) is 9. The summed E-state index contributed by atoms with van der Waals surface area (Å²) in [5, 5.41) is 0. The Bertz CT molecular complexity index is 438. The van der Waals surface area contributed by atoms with Gasteiger partial charge in [-0.1, -0.05) is 71.1 Å². The number of nitrogens with zero attached hydrogens (tertiary/aromatic N) is 1. The van der Waals surface area contributed by atoms with Crippen LogP contribution in [-0.2, 0) is 14.3 Å². The third kappa shape index (κ3) is 10.3. The van der Waals surface area contributed by atoms with Gasteiger partial charge < -0.3 is 9.47 Å². The largest absolute Gasteiger partial charge is 0.469 e. The number of ether oxygens (including phenoxy) is 2. The Morgan fingerprint density at radius 2 is 1.32 bits per heavy atom. The van der Waals surface area contributed by atoms with Crippen molar-refractivity contribution >= 4 is 12.1 Å². The average molecular weight is 398 g/mol. The van der Waals surface area contributed by atoms with Crippen molar-refractivity contribution in [2.45, 2.75) is 129 Å². The molecule has 0 N–H and O–H groups in total. The number of hydrogen-bond donors (Lipinski definition) is 0. The second-order valence-corrected chi connectivity index (χ2v) is 8.41. The highest BCUT2D eigenvalue weighted by Crippen LogP contribution is 2.37. The van der Waals surface area contributed by atoms with E-state index in [-0.39, 0.29) is 18.2 Å². The van der Waals surface area contributed by atoms with Crippen LogP contribution in [0.15, 0.2) is 0 Å². The smallest absolute Gasteiger partial charge is 0.410 e. The zero-order valence-electron chi connectivity index (χ0n) is 18.7. The number of methoxy groups -OCH3 is 1. The molecule has 0 bridgehead atoms. The van der Waals surface area contributed by atoms with Gasteiger partial charge in [0.25, 0.3) is 0 Å². The molecule has 1 fully saturated rings. The average Bonchev–Trinajstić information content (AvgIpc) is 3.35. The Hall–Kier alpha value is -1.26. The highest BCUT2D eigenvalue weighted by Gasteiger charge is 2.50. The number of amides is 1. The third-order valence-corrected chi connectivity index (χ3v) is 5.58. The molecule has 2 atom stereocenters. The predicted octanol–water partition coefficient (Wildman–Crippen LogP) is 6.24. The summed E-state index contributed by atoms with van der Waals surface area (Å²) in [4.78, 5) is 25.4. The van der Waals surface area contributed by atoms with Crippen LogP contribution in [0.1, 0.15) is 111 Å². The quantitative estimate of drug-likeness (QED) is 0.176.